The molecule has 0 saturated carbocycles. The van der Waals surface area contributed by atoms with Crippen molar-refractivity contribution in [3.63, 3.8) is 0 Å². The number of carbonyl (C=O) groups is 3. The van der Waals surface area contributed by atoms with Crippen LogP contribution in [-0.4, -0.2) is 52.0 Å². The van der Waals surface area contributed by atoms with Gasteiger partial charge in [-0.2, -0.15) is 0 Å². The molecule has 102 valence electrons. The van der Waals surface area contributed by atoms with Crippen molar-refractivity contribution in [2.45, 2.75) is 32.2 Å². The minimum absolute atomic E-state index is 0.0195. The molecular weight excluding hydrogens is 256 g/mol. The summed E-state index contributed by atoms with van der Waals surface area (Å²) < 4.78 is 0. The van der Waals surface area contributed by atoms with E-state index in [-0.39, 0.29) is 30.8 Å². The molecule has 1 aliphatic rings. The van der Waals surface area contributed by atoms with Crippen LogP contribution in [0.1, 0.15) is 26.2 Å². The van der Waals surface area contributed by atoms with Gasteiger partial charge < -0.3 is 15.3 Å². The van der Waals surface area contributed by atoms with E-state index < -0.39 is 5.97 Å². The van der Waals surface area contributed by atoms with E-state index in [9.17, 15) is 14.4 Å². The van der Waals surface area contributed by atoms with Gasteiger partial charge in [-0.3, -0.25) is 14.4 Å². The maximum absolute atomic E-state index is 11.7. The SMILES string of the molecule is CCCC(CC(=O)O)NC(=O)CN1CSCC1=O. The summed E-state index contributed by atoms with van der Waals surface area (Å²) in [6.07, 6.45) is 1.35. The Morgan fingerprint density at radius 1 is 1.56 bits per heavy atom. The number of carboxylic acids is 1. The van der Waals surface area contributed by atoms with Crippen LogP contribution in [0.4, 0.5) is 0 Å². The van der Waals surface area contributed by atoms with Gasteiger partial charge in [-0.1, -0.05) is 13.3 Å². The molecule has 2 amide bonds. The molecule has 18 heavy (non-hydrogen) atoms. The minimum Gasteiger partial charge on any atom is -0.481 e. The van der Waals surface area contributed by atoms with Gasteiger partial charge in [0.25, 0.3) is 0 Å². The molecule has 7 heteroatoms. The average Bonchev–Trinajstić information content (AvgIpc) is 2.63. The van der Waals surface area contributed by atoms with Crippen LogP contribution in [0.5, 0.6) is 0 Å². The Morgan fingerprint density at radius 2 is 2.28 bits per heavy atom. The highest BCUT2D eigenvalue weighted by Crippen LogP contribution is 2.14. The number of nitrogens with zero attached hydrogens (tertiary/aromatic N) is 1. The first kappa shape index (κ1) is 14.8. The summed E-state index contributed by atoms with van der Waals surface area (Å²) in [6, 6.07) is -0.356. The standard InChI is InChI=1S/C11H18N2O4S/c1-2-3-8(4-11(16)17)12-9(14)5-13-7-18-6-10(13)15/h8H,2-7H2,1H3,(H,12,14)(H,16,17). The van der Waals surface area contributed by atoms with E-state index in [1.807, 2.05) is 6.92 Å². The third-order valence-corrected chi connectivity index (χ3v) is 3.53. The molecule has 0 aromatic rings. The second-order valence-electron chi connectivity index (χ2n) is 4.22. The molecule has 6 nitrogen and oxygen atoms in total. The van der Waals surface area contributed by atoms with Crippen LogP contribution in [-0.2, 0) is 14.4 Å². The zero-order valence-electron chi connectivity index (χ0n) is 10.3. The highest BCUT2D eigenvalue weighted by molar-refractivity contribution is 8.00. The van der Waals surface area contributed by atoms with E-state index in [1.54, 1.807) is 0 Å². The zero-order valence-corrected chi connectivity index (χ0v) is 11.2. The van der Waals surface area contributed by atoms with Gasteiger partial charge in [0.1, 0.15) is 6.54 Å². The lowest BCUT2D eigenvalue weighted by Crippen LogP contribution is -2.43. The monoisotopic (exact) mass is 274 g/mol. The Bertz CT molecular complexity index is 335. The second kappa shape index (κ2) is 7.25. The van der Waals surface area contributed by atoms with Gasteiger partial charge in [-0.25, -0.2) is 0 Å². The Balaban J connectivity index is 2.40. The van der Waals surface area contributed by atoms with Crippen molar-refractivity contribution in [1.82, 2.24) is 10.2 Å². The number of hydrogen-bond acceptors (Lipinski definition) is 4. The van der Waals surface area contributed by atoms with Crippen LogP contribution >= 0.6 is 11.8 Å². The van der Waals surface area contributed by atoms with Crippen molar-refractivity contribution in [3.8, 4) is 0 Å². The summed E-state index contributed by atoms with van der Waals surface area (Å²) in [5, 5.41) is 11.4. The van der Waals surface area contributed by atoms with Gasteiger partial charge in [-0.05, 0) is 6.42 Å². The molecule has 0 aliphatic carbocycles. The predicted octanol–water partition coefficient (Wildman–Crippen LogP) is 0.279. The number of hydrogen-bond donors (Lipinski definition) is 2. The number of amides is 2. The number of aliphatic carboxylic acids is 1. The molecule has 0 radical (unpaired) electrons. The fourth-order valence-corrected chi connectivity index (χ4v) is 2.68. The maximum Gasteiger partial charge on any atom is 0.305 e. The Labute approximate surface area is 110 Å². The largest absolute Gasteiger partial charge is 0.481 e. The molecule has 0 aromatic heterocycles. The topological polar surface area (TPSA) is 86.7 Å². The van der Waals surface area contributed by atoms with E-state index in [0.717, 1.165) is 6.42 Å². The summed E-state index contributed by atoms with van der Waals surface area (Å²) in [5.74, 6) is -0.308. The summed E-state index contributed by atoms with van der Waals surface area (Å²) in [7, 11) is 0. The highest BCUT2D eigenvalue weighted by atomic mass is 32.2. The zero-order chi connectivity index (χ0) is 13.5. The summed E-state index contributed by atoms with van der Waals surface area (Å²) in [5.41, 5.74) is 0. The van der Waals surface area contributed by atoms with Crippen LogP contribution < -0.4 is 5.32 Å². The Morgan fingerprint density at radius 3 is 2.78 bits per heavy atom. The maximum atomic E-state index is 11.7. The molecule has 1 rings (SSSR count). The van der Waals surface area contributed by atoms with Gasteiger partial charge in [0.2, 0.25) is 11.8 Å². The fourth-order valence-electron chi connectivity index (χ4n) is 1.77. The molecule has 1 saturated heterocycles. The van der Waals surface area contributed by atoms with E-state index >= 15 is 0 Å². The Hall–Kier alpha value is -1.24. The summed E-state index contributed by atoms with van der Waals surface area (Å²) in [6.45, 7) is 1.95. The molecule has 1 fully saturated rings. The Kier molecular flexibility index (Phi) is 5.97. The number of thioether (sulfide) groups is 1. The van der Waals surface area contributed by atoms with Gasteiger partial charge in [0.05, 0.1) is 18.1 Å². The first-order valence-electron chi connectivity index (χ1n) is 5.89. The molecule has 1 unspecified atom stereocenters. The molecule has 0 bridgehead atoms. The normalized spacial score (nSPS) is 16.7. The molecule has 0 spiro atoms. The lowest BCUT2D eigenvalue weighted by molar-refractivity contribution is -0.138. The van der Waals surface area contributed by atoms with Crippen molar-refractivity contribution >= 4 is 29.5 Å². The molecule has 1 atom stereocenters. The van der Waals surface area contributed by atoms with Crippen molar-refractivity contribution in [2.24, 2.45) is 0 Å². The van der Waals surface area contributed by atoms with Gasteiger partial charge in [0, 0.05) is 6.04 Å². The molecule has 2 N–H and O–H groups in total. The van der Waals surface area contributed by atoms with Crippen LogP contribution in [0.2, 0.25) is 0 Å². The molecule has 0 aromatic carbocycles. The van der Waals surface area contributed by atoms with Gasteiger partial charge >= 0.3 is 5.97 Å². The predicted molar refractivity (Wildman–Crippen MR) is 68.1 cm³/mol. The minimum atomic E-state index is -0.929. The lowest BCUT2D eigenvalue weighted by Gasteiger charge is -2.19. The van der Waals surface area contributed by atoms with Crippen LogP contribution in [0.25, 0.3) is 0 Å². The fraction of sp³-hybridized carbons (Fsp3) is 0.727. The quantitative estimate of drug-likeness (QED) is 0.696. The van der Waals surface area contributed by atoms with Crippen molar-refractivity contribution in [1.29, 1.82) is 0 Å². The van der Waals surface area contributed by atoms with Crippen molar-refractivity contribution < 1.29 is 19.5 Å². The smallest absolute Gasteiger partial charge is 0.305 e. The van der Waals surface area contributed by atoms with Crippen LogP contribution in [0.3, 0.4) is 0 Å². The number of carbonyl (C=O) groups excluding carboxylic acids is 2. The average molecular weight is 274 g/mol. The number of carboxylic acid groups (broad SMARTS) is 1. The number of nitrogens with one attached hydrogen (secondary N) is 1. The van der Waals surface area contributed by atoms with Crippen molar-refractivity contribution in [2.75, 3.05) is 18.2 Å². The first-order valence-corrected chi connectivity index (χ1v) is 7.05. The van der Waals surface area contributed by atoms with E-state index in [2.05, 4.69) is 5.32 Å². The van der Waals surface area contributed by atoms with Crippen LogP contribution in [0.15, 0.2) is 0 Å². The molecule has 1 heterocycles. The summed E-state index contributed by atoms with van der Waals surface area (Å²) in [4.78, 5) is 35.2. The van der Waals surface area contributed by atoms with Crippen molar-refractivity contribution in [3.05, 3.63) is 0 Å². The molecule has 1 aliphatic heterocycles. The van der Waals surface area contributed by atoms with Crippen LogP contribution in [0, 0.1) is 0 Å². The van der Waals surface area contributed by atoms with Gasteiger partial charge in [-0.15, -0.1) is 11.8 Å². The third kappa shape index (κ3) is 4.95. The van der Waals surface area contributed by atoms with E-state index in [0.29, 0.717) is 18.1 Å². The second-order valence-corrected chi connectivity index (χ2v) is 5.18. The number of rotatable bonds is 7. The first-order chi connectivity index (χ1) is 8.52. The van der Waals surface area contributed by atoms with Gasteiger partial charge in [0.15, 0.2) is 0 Å². The van der Waals surface area contributed by atoms with E-state index in [1.165, 1.54) is 16.7 Å². The highest BCUT2D eigenvalue weighted by Gasteiger charge is 2.24. The molecular formula is C11H18N2O4S. The van der Waals surface area contributed by atoms with E-state index in [4.69, 9.17) is 5.11 Å². The third-order valence-electron chi connectivity index (χ3n) is 2.58. The lowest BCUT2D eigenvalue weighted by atomic mass is 10.1. The summed E-state index contributed by atoms with van der Waals surface area (Å²) >= 11 is 1.47.